The molecule has 0 spiro atoms. The SMILES string of the molecule is N#Cc1cnoc1N1CCOCC1. The summed E-state index contributed by atoms with van der Waals surface area (Å²) in [7, 11) is 0. The largest absolute Gasteiger partial charge is 0.378 e. The Morgan fingerprint density at radius 1 is 1.46 bits per heavy atom. The van der Waals surface area contributed by atoms with Crippen molar-refractivity contribution in [3.8, 4) is 6.07 Å². The summed E-state index contributed by atoms with van der Waals surface area (Å²) >= 11 is 0. The van der Waals surface area contributed by atoms with Crippen LogP contribution in [-0.2, 0) is 4.74 Å². The van der Waals surface area contributed by atoms with Gasteiger partial charge in [0.2, 0.25) is 5.88 Å². The molecule has 0 radical (unpaired) electrons. The van der Waals surface area contributed by atoms with Crippen molar-refractivity contribution in [2.75, 3.05) is 31.2 Å². The maximum Gasteiger partial charge on any atom is 0.245 e. The van der Waals surface area contributed by atoms with Crippen molar-refractivity contribution in [1.29, 1.82) is 5.26 Å². The number of ether oxygens (including phenoxy) is 1. The second-order valence-corrected chi connectivity index (χ2v) is 2.76. The number of nitrogens with zero attached hydrogens (tertiary/aromatic N) is 3. The first-order valence-corrected chi connectivity index (χ1v) is 4.09. The third-order valence-electron chi connectivity index (χ3n) is 1.97. The van der Waals surface area contributed by atoms with Gasteiger partial charge >= 0.3 is 0 Å². The van der Waals surface area contributed by atoms with E-state index in [-0.39, 0.29) is 0 Å². The molecular formula is C8H9N3O2. The number of anilines is 1. The summed E-state index contributed by atoms with van der Waals surface area (Å²) in [5.74, 6) is 0.561. The molecule has 2 rings (SSSR count). The van der Waals surface area contributed by atoms with E-state index < -0.39 is 0 Å². The van der Waals surface area contributed by atoms with Gasteiger partial charge in [-0.3, -0.25) is 0 Å². The van der Waals surface area contributed by atoms with Crippen LogP contribution in [0, 0.1) is 11.3 Å². The molecule has 0 unspecified atom stereocenters. The quantitative estimate of drug-likeness (QED) is 0.623. The lowest BCUT2D eigenvalue weighted by molar-refractivity contribution is 0.120. The standard InChI is InChI=1S/C8H9N3O2/c9-5-7-6-10-13-8(7)11-1-3-12-4-2-11/h6H,1-4H2. The number of rotatable bonds is 1. The fourth-order valence-electron chi connectivity index (χ4n) is 1.30. The maximum absolute atomic E-state index is 8.73. The predicted octanol–water partition coefficient (Wildman–Crippen LogP) is 0.383. The number of nitriles is 1. The minimum absolute atomic E-state index is 0.488. The molecule has 0 bridgehead atoms. The van der Waals surface area contributed by atoms with Crippen molar-refractivity contribution in [1.82, 2.24) is 5.16 Å². The number of hydrogen-bond donors (Lipinski definition) is 0. The highest BCUT2D eigenvalue weighted by molar-refractivity contribution is 5.50. The molecule has 68 valence electrons. The summed E-state index contributed by atoms with van der Waals surface area (Å²) in [5.41, 5.74) is 0.488. The molecule has 5 nitrogen and oxygen atoms in total. The molecule has 0 saturated carbocycles. The van der Waals surface area contributed by atoms with E-state index >= 15 is 0 Å². The zero-order valence-electron chi connectivity index (χ0n) is 7.06. The van der Waals surface area contributed by atoms with E-state index in [0.717, 1.165) is 13.1 Å². The fourth-order valence-corrected chi connectivity index (χ4v) is 1.30. The van der Waals surface area contributed by atoms with Crippen molar-refractivity contribution < 1.29 is 9.26 Å². The average Bonchev–Trinajstić information content (AvgIpc) is 2.67. The van der Waals surface area contributed by atoms with Crippen LogP contribution in [0.1, 0.15) is 5.56 Å². The Balaban J connectivity index is 2.19. The Labute approximate surface area is 75.5 Å². The lowest BCUT2D eigenvalue weighted by Gasteiger charge is -2.25. The van der Waals surface area contributed by atoms with Crippen molar-refractivity contribution in [2.45, 2.75) is 0 Å². The molecule has 2 heterocycles. The van der Waals surface area contributed by atoms with Crippen molar-refractivity contribution in [2.24, 2.45) is 0 Å². The summed E-state index contributed by atoms with van der Waals surface area (Å²) in [5, 5.41) is 12.3. The van der Waals surface area contributed by atoms with Gasteiger partial charge in [-0.05, 0) is 0 Å². The van der Waals surface area contributed by atoms with Crippen LogP contribution in [0.3, 0.4) is 0 Å². The molecule has 1 aliphatic heterocycles. The molecule has 1 aliphatic rings. The van der Waals surface area contributed by atoms with Gasteiger partial charge in [-0.2, -0.15) is 5.26 Å². The zero-order valence-corrected chi connectivity index (χ0v) is 7.06. The molecule has 0 aromatic carbocycles. The van der Waals surface area contributed by atoms with Crippen LogP contribution < -0.4 is 4.90 Å². The molecule has 13 heavy (non-hydrogen) atoms. The lowest BCUT2D eigenvalue weighted by Crippen LogP contribution is -2.36. The highest BCUT2D eigenvalue weighted by Crippen LogP contribution is 2.19. The van der Waals surface area contributed by atoms with Crippen molar-refractivity contribution >= 4 is 5.88 Å². The normalized spacial score (nSPS) is 17.0. The van der Waals surface area contributed by atoms with E-state index in [4.69, 9.17) is 14.5 Å². The first kappa shape index (κ1) is 8.08. The first-order valence-electron chi connectivity index (χ1n) is 4.09. The summed E-state index contributed by atoms with van der Waals surface area (Å²) in [6.07, 6.45) is 1.44. The Hall–Kier alpha value is -1.54. The van der Waals surface area contributed by atoms with Crippen molar-refractivity contribution in [3.05, 3.63) is 11.8 Å². The molecule has 0 N–H and O–H groups in total. The summed E-state index contributed by atoms with van der Waals surface area (Å²) in [4.78, 5) is 1.97. The lowest BCUT2D eigenvalue weighted by atomic mass is 10.3. The molecule has 1 saturated heterocycles. The summed E-state index contributed by atoms with van der Waals surface area (Å²) in [6.45, 7) is 2.85. The molecule has 1 aromatic rings. The minimum atomic E-state index is 0.488. The van der Waals surface area contributed by atoms with Gasteiger partial charge < -0.3 is 14.2 Å². The first-order chi connectivity index (χ1) is 6.42. The van der Waals surface area contributed by atoms with Crippen LogP contribution in [0.2, 0.25) is 0 Å². The van der Waals surface area contributed by atoms with Gasteiger partial charge in [0.25, 0.3) is 0 Å². The second-order valence-electron chi connectivity index (χ2n) is 2.76. The Bertz CT molecular complexity index is 322. The van der Waals surface area contributed by atoms with Crippen LogP contribution in [-0.4, -0.2) is 31.5 Å². The van der Waals surface area contributed by atoms with Crippen LogP contribution in [0.15, 0.2) is 10.7 Å². The molecule has 1 aromatic heterocycles. The van der Waals surface area contributed by atoms with E-state index in [1.807, 2.05) is 11.0 Å². The number of aromatic nitrogens is 1. The Morgan fingerprint density at radius 3 is 2.92 bits per heavy atom. The molecule has 5 heteroatoms. The van der Waals surface area contributed by atoms with E-state index in [1.54, 1.807) is 0 Å². The van der Waals surface area contributed by atoms with E-state index in [9.17, 15) is 0 Å². The number of hydrogen-bond acceptors (Lipinski definition) is 5. The van der Waals surface area contributed by atoms with Gasteiger partial charge in [-0.25, -0.2) is 0 Å². The van der Waals surface area contributed by atoms with Crippen LogP contribution in [0.25, 0.3) is 0 Å². The number of morpholine rings is 1. The average molecular weight is 179 g/mol. The molecular weight excluding hydrogens is 170 g/mol. The third-order valence-corrected chi connectivity index (χ3v) is 1.97. The van der Waals surface area contributed by atoms with Gasteiger partial charge in [0.1, 0.15) is 11.6 Å². The van der Waals surface area contributed by atoms with E-state index in [2.05, 4.69) is 5.16 Å². The fraction of sp³-hybridized carbons (Fsp3) is 0.500. The van der Waals surface area contributed by atoms with Crippen molar-refractivity contribution in [3.63, 3.8) is 0 Å². The van der Waals surface area contributed by atoms with Gasteiger partial charge in [0, 0.05) is 13.1 Å². The monoisotopic (exact) mass is 179 g/mol. The predicted molar refractivity (Wildman–Crippen MR) is 44.3 cm³/mol. The maximum atomic E-state index is 8.73. The molecule has 1 fully saturated rings. The third kappa shape index (κ3) is 1.48. The topological polar surface area (TPSA) is 62.3 Å². The molecule has 0 atom stereocenters. The van der Waals surface area contributed by atoms with E-state index in [0.29, 0.717) is 24.7 Å². The van der Waals surface area contributed by atoms with Gasteiger partial charge in [-0.15, -0.1) is 0 Å². The van der Waals surface area contributed by atoms with E-state index in [1.165, 1.54) is 6.20 Å². The zero-order chi connectivity index (χ0) is 9.10. The highest BCUT2D eigenvalue weighted by atomic mass is 16.5. The van der Waals surface area contributed by atoms with Gasteiger partial charge in [-0.1, -0.05) is 5.16 Å². The molecule has 0 aliphatic carbocycles. The van der Waals surface area contributed by atoms with Crippen LogP contribution >= 0.6 is 0 Å². The Kier molecular flexibility index (Phi) is 2.15. The molecule has 0 amide bonds. The second kappa shape index (κ2) is 3.46. The minimum Gasteiger partial charge on any atom is -0.378 e. The summed E-state index contributed by atoms with van der Waals surface area (Å²) < 4.78 is 10.2. The van der Waals surface area contributed by atoms with Crippen LogP contribution in [0.5, 0.6) is 0 Å². The van der Waals surface area contributed by atoms with Crippen LogP contribution in [0.4, 0.5) is 5.88 Å². The summed E-state index contributed by atoms with van der Waals surface area (Å²) in [6, 6.07) is 2.03. The van der Waals surface area contributed by atoms with Gasteiger partial charge in [0.15, 0.2) is 0 Å². The van der Waals surface area contributed by atoms with Gasteiger partial charge in [0.05, 0.1) is 19.4 Å². The Morgan fingerprint density at radius 2 is 2.23 bits per heavy atom. The highest BCUT2D eigenvalue weighted by Gasteiger charge is 2.18. The smallest absolute Gasteiger partial charge is 0.245 e.